The summed E-state index contributed by atoms with van der Waals surface area (Å²) in [7, 11) is 1.64. The number of aromatic nitrogens is 5. The number of nitrogens with zero attached hydrogens (tertiary/aromatic N) is 6. The lowest BCUT2D eigenvalue weighted by Crippen LogP contribution is -2.39. The minimum absolute atomic E-state index is 0.0847. The number of fused-ring (bicyclic) bond motifs is 3. The average Bonchev–Trinajstić information content (AvgIpc) is 3.33. The monoisotopic (exact) mass is 504 g/mol. The van der Waals surface area contributed by atoms with Gasteiger partial charge in [0.2, 0.25) is 5.78 Å². The largest absolute Gasteiger partial charge is 0.379 e. The minimum Gasteiger partial charge on any atom is -0.379 e. The van der Waals surface area contributed by atoms with Crippen LogP contribution in [0.1, 0.15) is 17.0 Å². The summed E-state index contributed by atoms with van der Waals surface area (Å²) in [4.78, 5) is 33.8. The van der Waals surface area contributed by atoms with Crippen molar-refractivity contribution in [2.45, 2.75) is 26.9 Å². The molecule has 180 valence electrons. The van der Waals surface area contributed by atoms with Crippen LogP contribution in [0.3, 0.4) is 0 Å². The van der Waals surface area contributed by atoms with Crippen molar-refractivity contribution >= 4 is 40.1 Å². The molecule has 0 N–H and O–H groups in total. The highest BCUT2D eigenvalue weighted by molar-refractivity contribution is 6.42. The lowest BCUT2D eigenvalue weighted by atomic mass is 10.2. The fraction of sp³-hybridized carbons (Fsp3) is 0.435. The van der Waals surface area contributed by atoms with Crippen LogP contribution in [0.4, 0.5) is 0 Å². The van der Waals surface area contributed by atoms with Crippen molar-refractivity contribution in [2.75, 3.05) is 32.8 Å². The van der Waals surface area contributed by atoms with E-state index in [4.69, 9.17) is 32.9 Å². The molecule has 4 heterocycles. The van der Waals surface area contributed by atoms with Crippen molar-refractivity contribution in [1.29, 1.82) is 0 Å². The molecule has 1 aliphatic rings. The third kappa shape index (κ3) is 3.76. The summed E-state index contributed by atoms with van der Waals surface area (Å²) in [6, 6.07) is 5.09. The second-order valence-corrected chi connectivity index (χ2v) is 9.49. The molecular formula is C23H26Cl2N6O3. The van der Waals surface area contributed by atoms with Gasteiger partial charge in [0.1, 0.15) is 0 Å². The van der Waals surface area contributed by atoms with Gasteiger partial charge in [-0.05, 0) is 31.5 Å². The van der Waals surface area contributed by atoms with Gasteiger partial charge in [-0.15, -0.1) is 0 Å². The predicted octanol–water partition coefficient (Wildman–Crippen LogP) is 2.45. The van der Waals surface area contributed by atoms with Crippen LogP contribution in [0.2, 0.25) is 10.0 Å². The fourth-order valence-electron chi connectivity index (χ4n) is 4.61. The summed E-state index contributed by atoms with van der Waals surface area (Å²) in [5.74, 6) is 0.664. The maximum atomic E-state index is 13.6. The Balaban J connectivity index is 1.63. The third-order valence-electron chi connectivity index (χ3n) is 6.70. The Morgan fingerprint density at radius 2 is 1.74 bits per heavy atom. The van der Waals surface area contributed by atoms with E-state index in [1.165, 1.54) is 9.13 Å². The van der Waals surface area contributed by atoms with E-state index in [0.717, 1.165) is 50.8 Å². The van der Waals surface area contributed by atoms with Gasteiger partial charge in [0.25, 0.3) is 5.56 Å². The zero-order chi connectivity index (χ0) is 24.1. The first-order chi connectivity index (χ1) is 16.3. The Hall–Kier alpha value is -2.59. The Labute approximate surface area is 205 Å². The van der Waals surface area contributed by atoms with Gasteiger partial charge < -0.3 is 9.30 Å². The maximum Gasteiger partial charge on any atom is 0.332 e. The predicted molar refractivity (Wildman–Crippen MR) is 132 cm³/mol. The van der Waals surface area contributed by atoms with Crippen LogP contribution in [0.15, 0.2) is 27.8 Å². The molecule has 1 aliphatic heterocycles. The molecule has 11 heteroatoms. The number of hydrogen-bond donors (Lipinski definition) is 0. The van der Waals surface area contributed by atoms with Gasteiger partial charge in [-0.1, -0.05) is 29.3 Å². The third-order valence-corrected chi connectivity index (χ3v) is 7.44. The number of aryl methyl sites for hydroxylation is 2. The number of hydrogen-bond acceptors (Lipinski definition) is 5. The Morgan fingerprint density at radius 3 is 2.44 bits per heavy atom. The van der Waals surface area contributed by atoms with Gasteiger partial charge in [0.05, 0.1) is 29.8 Å². The summed E-state index contributed by atoms with van der Waals surface area (Å²) in [5, 5.41) is 0.795. The van der Waals surface area contributed by atoms with Crippen LogP contribution in [0.5, 0.6) is 0 Å². The first kappa shape index (κ1) is 23.2. The molecular weight excluding hydrogens is 479 g/mol. The second-order valence-electron chi connectivity index (χ2n) is 8.68. The van der Waals surface area contributed by atoms with E-state index in [-0.39, 0.29) is 12.1 Å². The summed E-state index contributed by atoms with van der Waals surface area (Å²) in [6.45, 7) is 8.98. The average molecular weight is 505 g/mol. The molecule has 9 nitrogen and oxygen atoms in total. The van der Waals surface area contributed by atoms with Crippen molar-refractivity contribution in [3.63, 3.8) is 0 Å². The van der Waals surface area contributed by atoms with Crippen LogP contribution >= 0.6 is 23.2 Å². The number of morpholine rings is 1. The molecule has 0 bridgehead atoms. The van der Waals surface area contributed by atoms with E-state index >= 15 is 0 Å². The maximum absolute atomic E-state index is 13.6. The molecule has 0 radical (unpaired) electrons. The van der Waals surface area contributed by atoms with Gasteiger partial charge in [-0.2, -0.15) is 4.98 Å². The second kappa shape index (κ2) is 8.88. The summed E-state index contributed by atoms with van der Waals surface area (Å²) in [5.41, 5.74) is 2.63. The summed E-state index contributed by atoms with van der Waals surface area (Å²) in [6.07, 6.45) is 0. The first-order valence-electron chi connectivity index (χ1n) is 11.2. The normalized spacial score (nSPS) is 15.1. The molecule has 0 aliphatic carbocycles. The summed E-state index contributed by atoms with van der Waals surface area (Å²) < 4.78 is 12.1. The fourth-order valence-corrected chi connectivity index (χ4v) is 4.93. The molecule has 4 aromatic rings. The zero-order valence-corrected chi connectivity index (χ0v) is 20.9. The number of rotatable bonds is 5. The highest BCUT2D eigenvalue weighted by Crippen LogP contribution is 2.23. The van der Waals surface area contributed by atoms with Crippen molar-refractivity contribution in [1.82, 2.24) is 28.0 Å². The van der Waals surface area contributed by atoms with Crippen LogP contribution in [0, 0.1) is 13.8 Å². The quantitative estimate of drug-likeness (QED) is 0.417. The smallest absolute Gasteiger partial charge is 0.332 e. The van der Waals surface area contributed by atoms with E-state index in [1.807, 2.05) is 18.2 Å². The first-order valence-corrected chi connectivity index (χ1v) is 11.9. The molecule has 1 saturated heterocycles. The Kier molecular flexibility index (Phi) is 6.05. The number of halogens is 2. The Bertz CT molecular complexity index is 1520. The number of ether oxygens (including phenoxy) is 1. The van der Waals surface area contributed by atoms with Gasteiger partial charge >= 0.3 is 5.69 Å². The molecule has 0 unspecified atom stereocenters. The van der Waals surface area contributed by atoms with E-state index in [1.54, 1.807) is 25.2 Å². The Morgan fingerprint density at radius 1 is 1.00 bits per heavy atom. The van der Waals surface area contributed by atoms with Crippen LogP contribution < -0.4 is 11.2 Å². The van der Waals surface area contributed by atoms with Gasteiger partial charge in [-0.25, -0.2) is 4.79 Å². The van der Waals surface area contributed by atoms with E-state index < -0.39 is 5.69 Å². The highest BCUT2D eigenvalue weighted by Gasteiger charge is 2.23. The van der Waals surface area contributed by atoms with E-state index in [0.29, 0.717) is 32.6 Å². The molecule has 34 heavy (non-hydrogen) atoms. The lowest BCUT2D eigenvalue weighted by Gasteiger charge is -2.26. The molecule has 0 saturated carbocycles. The summed E-state index contributed by atoms with van der Waals surface area (Å²) >= 11 is 12.2. The molecule has 1 fully saturated rings. The number of benzene rings is 1. The molecule has 5 rings (SSSR count). The zero-order valence-electron chi connectivity index (χ0n) is 19.3. The van der Waals surface area contributed by atoms with Gasteiger partial charge in [0, 0.05) is 44.6 Å². The molecule has 0 amide bonds. The van der Waals surface area contributed by atoms with Crippen molar-refractivity contribution in [3.05, 3.63) is 66.0 Å². The molecule has 0 atom stereocenters. The SMILES string of the molecule is Cc1c(C)n2c3c(=O)n(Cc4ccc(Cl)c(Cl)c4)c(=O)n(C)c3nc2n1CCN1CCOCC1. The van der Waals surface area contributed by atoms with Crippen LogP contribution in [0.25, 0.3) is 16.9 Å². The van der Waals surface area contributed by atoms with Crippen molar-refractivity contribution in [3.8, 4) is 0 Å². The van der Waals surface area contributed by atoms with Gasteiger partial charge in [-0.3, -0.25) is 23.2 Å². The number of imidazole rings is 2. The standard InChI is InChI=1S/C23H26Cl2N6O3/c1-14-15(2)31-19-20(26-22(31)29(14)7-6-28-8-10-34-11-9-28)27(3)23(33)30(21(19)32)13-16-4-5-17(24)18(25)12-16/h4-5,12H,6-11,13H2,1-3H3. The van der Waals surface area contributed by atoms with Crippen molar-refractivity contribution in [2.24, 2.45) is 7.05 Å². The highest BCUT2D eigenvalue weighted by atomic mass is 35.5. The van der Waals surface area contributed by atoms with Gasteiger partial charge in [0.15, 0.2) is 11.2 Å². The van der Waals surface area contributed by atoms with Crippen LogP contribution in [-0.4, -0.2) is 60.8 Å². The molecule has 3 aromatic heterocycles. The van der Waals surface area contributed by atoms with Crippen molar-refractivity contribution < 1.29 is 4.74 Å². The minimum atomic E-state index is -0.432. The van der Waals surface area contributed by atoms with E-state index in [9.17, 15) is 9.59 Å². The van der Waals surface area contributed by atoms with Crippen LogP contribution in [-0.2, 0) is 24.9 Å². The lowest BCUT2D eigenvalue weighted by molar-refractivity contribution is 0.0364. The molecule has 1 aromatic carbocycles. The topological polar surface area (TPSA) is 78.7 Å². The van der Waals surface area contributed by atoms with E-state index in [2.05, 4.69) is 9.47 Å². The molecule has 0 spiro atoms.